The van der Waals surface area contributed by atoms with Crippen LogP contribution in [0, 0.1) is 20.8 Å². The first-order chi connectivity index (χ1) is 8.15. The topological polar surface area (TPSA) is 86.5 Å². The van der Waals surface area contributed by atoms with Gasteiger partial charge in [-0.2, -0.15) is 8.42 Å². The van der Waals surface area contributed by atoms with Crippen LogP contribution in [0.25, 0.3) is 0 Å². The minimum absolute atomic E-state index is 0.0297. The zero-order valence-electron chi connectivity index (χ0n) is 10.9. The van der Waals surface area contributed by atoms with Crippen molar-refractivity contribution in [3.63, 3.8) is 0 Å². The van der Waals surface area contributed by atoms with Crippen LogP contribution in [-0.2, 0) is 19.1 Å². The third-order valence-electron chi connectivity index (χ3n) is 2.42. The van der Waals surface area contributed by atoms with Crippen LogP contribution in [0.3, 0.4) is 0 Å². The fraction of sp³-hybridized carbons (Fsp3) is 0.417. The van der Waals surface area contributed by atoms with Gasteiger partial charge in [0.05, 0.1) is 0 Å². The zero-order valence-corrected chi connectivity index (χ0v) is 11.7. The van der Waals surface area contributed by atoms with Crippen LogP contribution in [0.5, 0.6) is 0 Å². The fourth-order valence-electron chi connectivity index (χ4n) is 1.79. The average Bonchev–Trinajstić information content (AvgIpc) is 2.13. The Labute approximate surface area is 107 Å². The van der Waals surface area contributed by atoms with Gasteiger partial charge in [0.2, 0.25) is 0 Å². The monoisotopic (exact) mass is 271 g/mol. The summed E-state index contributed by atoms with van der Waals surface area (Å²) in [6.45, 7) is 6.55. The summed E-state index contributed by atoms with van der Waals surface area (Å²) in [5, 5.41) is 0. The van der Waals surface area contributed by atoms with Gasteiger partial charge in [-0.3, -0.25) is 0 Å². The van der Waals surface area contributed by atoms with Gasteiger partial charge in [-0.1, -0.05) is 17.7 Å². The van der Waals surface area contributed by atoms with Crippen molar-refractivity contribution in [2.24, 2.45) is 5.73 Å². The van der Waals surface area contributed by atoms with E-state index in [4.69, 9.17) is 5.73 Å². The van der Waals surface area contributed by atoms with E-state index in [1.54, 1.807) is 26.0 Å². The molecule has 18 heavy (non-hydrogen) atoms. The highest BCUT2D eigenvalue weighted by molar-refractivity contribution is 7.87. The summed E-state index contributed by atoms with van der Waals surface area (Å²) >= 11 is 0. The standard InChI is InChI=1S/C12H17NO4S/c1-7-5-8(2)11(9(3)6-7)18(15,16)17-12(14)10(4)13/h5-6,10H,13H2,1-4H3/t10-/m0/s1. The molecule has 0 saturated carbocycles. The number of hydrogen-bond acceptors (Lipinski definition) is 5. The Kier molecular flexibility index (Phi) is 4.13. The van der Waals surface area contributed by atoms with E-state index >= 15 is 0 Å². The molecular weight excluding hydrogens is 254 g/mol. The number of benzene rings is 1. The smallest absolute Gasteiger partial charge is 0.341 e. The van der Waals surface area contributed by atoms with Crippen molar-refractivity contribution in [2.75, 3.05) is 0 Å². The summed E-state index contributed by atoms with van der Waals surface area (Å²) < 4.78 is 28.5. The lowest BCUT2D eigenvalue weighted by Crippen LogP contribution is -2.31. The van der Waals surface area contributed by atoms with Crippen LogP contribution < -0.4 is 5.73 Å². The summed E-state index contributed by atoms with van der Waals surface area (Å²) in [6.07, 6.45) is 0. The van der Waals surface area contributed by atoms with Gasteiger partial charge in [0.15, 0.2) is 0 Å². The molecule has 0 spiro atoms. The summed E-state index contributed by atoms with van der Waals surface area (Å²) in [6, 6.07) is 2.46. The van der Waals surface area contributed by atoms with Crippen LogP contribution in [-0.4, -0.2) is 20.4 Å². The zero-order chi connectivity index (χ0) is 14.1. The molecule has 0 aliphatic rings. The van der Waals surface area contributed by atoms with Crippen LogP contribution in [0.1, 0.15) is 23.6 Å². The van der Waals surface area contributed by atoms with Crippen molar-refractivity contribution in [2.45, 2.75) is 38.6 Å². The van der Waals surface area contributed by atoms with E-state index in [9.17, 15) is 13.2 Å². The van der Waals surface area contributed by atoms with Gasteiger partial charge >= 0.3 is 16.1 Å². The molecule has 1 aromatic carbocycles. The molecule has 0 radical (unpaired) electrons. The highest BCUT2D eigenvalue weighted by Gasteiger charge is 2.26. The molecule has 1 rings (SSSR count). The highest BCUT2D eigenvalue weighted by Crippen LogP contribution is 2.23. The number of hydrogen-bond donors (Lipinski definition) is 1. The number of carbonyl (C=O) groups excluding carboxylic acids is 1. The van der Waals surface area contributed by atoms with Gasteiger partial charge in [-0.25, -0.2) is 4.79 Å². The Balaban J connectivity index is 3.26. The first-order valence-electron chi connectivity index (χ1n) is 5.47. The van der Waals surface area contributed by atoms with E-state index in [1.807, 2.05) is 6.92 Å². The van der Waals surface area contributed by atoms with Crippen molar-refractivity contribution in [3.05, 3.63) is 28.8 Å². The van der Waals surface area contributed by atoms with Crippen LogP contribution >= 0.6 is 0 Å². The second kappa shape index (κ2) is 5.07. The largest absolute Gasteiger partial charge is 0.342 e. The maximum atomic E-state index is 12.0. The van der Waals surface area contributed by atoms with Crippen molar-refractivity contribution in [1.82, 2.24) is 0 Å². The van der Waals surface area contributed by atoms with Gasteiger partial charge < -0.3 is 9.92 Å². The number of rotatable bonds is 3. The molecule has 0 aromatic heterocycles. The predicted molar refractivity (Wildman–Crippen MR) is 67.6 cm³/mol. The van der Waals surface area contributed by atoms with E-state index in [2.05, 4.69) is 4.18 Å². The first-order valence-corrected chi connectivity index (χ1v) is 6.87. The normalized spacial score (nSPS) is 13.2. The van der Waals surface area contributed by atoms with Crippen LogP contribution in [0.15, 0.2) is 17.0 Å². The van der Waals surface area contributed by atoms with Crippen molar-refractivity contribution >= 4 is 16.1 Å². The van der Waals surface area contributed by atoms with Crippen molar-refractivity contribution in [3.8, 4) is 0 Å². The molecular formula is C12H17NO4S. The molecule has 1 aromatic rings. The molecule has 100 valence electrons. The third kappa shape index (κ3) is 3.08. The Bertz CT molecular complexity index is 553. The lowest BCUT2D eigenvalue weighted by Gasteiger charge is -2.12. The average molecular weight is 271 g/mol. The molecule has 0 unspecified atom stereocenters. The molecule has 0 aliphatic heterocycles. The second-order valence-electron chi connectivity index (χ2n) is 4.37. The first kappa shape index (κ1) is 14.7. The molecule has 6 heteroatoms. The van der Waals surface area contributed by atoms with Crippen molar-refractivity contribution in [1.29, 1.82) is 0 Å². The molecule has 0 heterocycles. The summed E-state index contributed by atoms with van der Waals surface area (Å²) in [5.41, 5.74) is 7.32. The molecule has 1 atom stereocenters. The lowest BCUT2D eigenvalue weighted by molar-refractivity contribution is -0.134. The number of aryl methyl sites for hydroxylation is 3. The van der Waals surface area contributed by atoms with Crippen LogP contribution in [0.4, 0.5) is 0 Å². The van der Waals surface area contributed by atoms with Gasteiger partial charge in [0.1, 0.15) is 10.9 Å². The molecule has 0 amide bonds. The van der Waals surface area contributed by atoms with E-state index < -0.39 is 22.1 Å². The molecule has 2 N–H and O–H groups in total. The summed E-state index contributed by atoms with van der Waals surface area (Å²) in [5.74, 6) is -0.964. The summed E-state index contributed by atoms with van der Waals surface area (Å²) in [4.78, 5) is 11.3. The second-order valence-corrected chi connectivity index (χ2v) is 5.86. The van der Waals surface area contributed by atoms with Gasteiger partial charge in [-0.15, -0.1) is 0 Å². The molecule has 0 bridgehead atoms. The minimum atomic E-state index is -4.11. The predicted octanol–water partition coefficient (Wildman–Crippen LogP) is 1.19. The SMILES string of the molecule is Cc1cc(C)c(S(=O)(=O)OC(=O)[C@H](C)N)c(C)c1. The Morgan fingerprint density at radius 3 is 2.06 bits per heavy atom. The van der Waals surface area contributed by atoms with Crippen molar-refractivity contribution < 1.29 is 17.4 Å². The Morgan fingerprint density at radius 1 is 1.22 bits per heavy atom. The maximum absolute atomic E-state index is 12.0. The molecule has 0 aliphatic carbocycles. The van der Waals surface area contributed by atoms with E-state index in [0.717, 1.165) is 5.56 Å². The van der Waals surface area contributed by atoms with E-state index in [0.29, 0.717) is 11.1 Å². The van der Waals surface area contributed by atoms with Gasteiger partial charge in [-0.05, 0) is 38.8 Å². The summed E-state index contributed by atoms with van der Waals surface area (Å²) in [7, 11) is -4.11. The van der Waals surface area contributed by atoms with E-state index in [-0.39, 0.29) is 4.90 Å². The quantitative estimate of drug-likeness (QED) is 0.834. The lowest BCUT2D eigenvalue weighted by atomic mass is 10.1. The Morgan fingerprint density at radius 2 is 1.67 bits per heavy atom. The minimum Gasteiger partial charge on any atom is -0.341 e. The Hall–Kier alpha value is -1.40. The molecule has 0 saturated heterocycles. The van der Waals surface area contributed by atoms with Gasteiger partial charge in [0, 0.05) is 0 Å². The van der Waals surface area contributed by atoms with Gasteiger partial charge in [0.25, 0.3) is 0 Å². The number of carbonyl (C=O) groups is 1. The highest BCUT2D eigenvalue weighted by atomic mass is 32.2. The third-order valence-corrected chi connectivity index (χ3v) is 3.95. The number of nitrogens with two attached hydrogens (primary N) is 1. The van der Waals surface area contributed by atoms with Crippen LogP contribution in [0.2, 0.25) is 0 Å². The maximum Gasteiger partial charge on any atom is 0.342 e. The molecule has 5 nitrogen and oxygen atoms in total. The molecule has 0 fully saturated rings. The fourth-order valence-corrected chi connectivity index (χ4v) is 3.14. The van der Waals surface area contributed by atoms with E-state index in [1.165, 1.54) is 6.92 Å².